The topological polar surface area (TPSA) is 486 Å². The van der Waals surface area contributed by atoms with Crippen LogP contribution in [-0.2, 0) is 71.2 Å². The zero-order valence-corrected chi connectivity index (χ0v) is 45.4. The monoisotopic (exact) mass is 1200 g/mol. The van der Waals surface area contributed by atoms with Crippen molar-refractivity contribution in [2.75, 3.05) is 33.5 Å². The Morgan fingerprint density at radius 2 is 1.04 bits per heavy atom. The van der Waals surface area contributed by atoms with Gasteiger partial charge in [-0.2, -0.15) is 0 Å². The minimum absolute atomic E-state index is 0.0300. The molecule has 3 aliphatic carbocycles. The maximum atomic E-state index is 13.1. The number of aliphatic carboxylic acids is 1. The third-order valence-electron chi connectivity index (χ3n) is 17.3. The van der Waals surface area contributed by atoms with Gasteiger partial charge >= 0.3 is 17.9 Å². The second-order valence-electron chi connectivity index (χ2n) is 22.9. The summed E-state index contributed by atoms with van der Waals surface area (Å²) in [5.41, 5.74) is 0. The van der Waals surface area contributed by atoms with Gasteiger partial charge in [0.2, 0.25) is 0 Å². The lowest BCUT2D eigenvalue weighted by Gasteiger charge is -2.53. The molecule has 29 atom stereocenters. The van der Waals surface area contributed by atoms with Gasteiger partial charge in [0.15, 0.2) is 25.2 Å². The summed E-state index contributed by atoms with van der Waals surface area (Å²) in [6.45, 7) is -3.27. The van der Waals surface area contributed by atoms with Crippen molar-refractivity contribution in [3.8, 4) is 0 Å². The fraction of sp³-hybridized carbons (Fsp3) is 0.904. The van der Waals surface area contributed by atoms with Gasteiger partial charge in [0.25, 0.3) is 0 Å². The average Bonchev–Trinajstić information content (AvgIpc) is 2.66. The molecule has 3 saturated carbocycles. The molecule has 8 aliphatic rings. The number of hydrogen-bond acceptors (Lipinski definition) is 30. The molecule has 31 heteroatoms. The molecule has 0 spiro atoms. The molecule has 0 aromatic carbocycles. The molecule has 0 aromatic heterocycles. The van der Waals surface area contributed by atoms with E-state index < -0.39 is 228 Å². The fourth-order valence-corrected chi connectivity index (χ4v) is 12.5. The molecule has 0 radical (unpaired) electrons. The van der Waals surface area contributed by atoms with Gasteiger partial charge in [-0.15, -0.1) is 0 Å². The normalized spacial score (nSPS) is 48.0. The predicted octanol–water partition coefficient (Wildman–Crippen LogP) is -7.21. The van der Waals surface area contributed by atoms with Crippen LogP contribution in [0, 0.1) is 17.8 Å². The second-order valence-corrected chi connectivity index (χ2v) is 22.9. The molecule has 8 fully saturated rings. The average molecular weight is 1200 g/mol. The minimum Gasteiger partial charge on any atom is -0.481 e. The molecule has 83 heavy (non-hydrogen) atoms. The number of aliphatic hydroxyl groups excluding tert-OH is 15. The molecule has 476 valence electrons. The third-order valence-corrected chi connectivity index (χ3v) is 17.3. The number of esters is 2. The highest BCUT2D eigenvalue weighted by atomic mass is 16.8. The Hall–Kier alpha value is -2.85. The molecule has 5 aliphatic heterocycles. The van der Waals surface area contributed by atoms with Gasteiger partial charge in [-0.1, -0.05) is 6.08 Å². The van der Waals surface area contributed by atoms with Crippen molar-refractivity contribution in [1.82, 2.24) is 0 Å². The molecule has 0 aromatic rings. The molecule has 8 rings (SSSR count). The van der Waals surface area contributed by atoms with E-state index in [9.17, 15) is 96.1 Å². The number of methoxy groups -OCH3 is 1. The zero-order valence-electron chi connectivity index (χ0n) is 45.4. The van der Waals surface area contributed by atoms with Gasteiger partial charge in [0.1, 0.15) is 117 Å². The lowest BCUT2D eigenvalue weighted by Crippen LogP contribution is -2.66. The van der Waals surface area contributed by atoms with Crippen molar-refractivity contribution < 1.29 is 153 Å². The van der Waals surface area contributed by atoms with E-state index in [1.807, 2.05) is 0 Å². The van der Waals surface area contributed by atoms with Crippen molar-refractivity contribution >= 4 is 17.9 Å². The van der Waals surface area contributed by atoms with Crippen LogP contribution in [0.15, 0.2) is 12.2 Å². The number of hydrogen-bond donors (Lipinski definition) is 16. The maximum Gasteiger partial charge on any atom is 0.330 e. The number of allylic oxidation sites excluding steroid dienone is 1. The first-order valence-electron chi connectivity index (χ1n) is 28.2. The maximum absolute atomic E-state index is 13.1. The van der Waals surface area contributed by atoms with Crippen molar-refractivity contribution in [2.45, 2.75) is 242 Å². The summed E-state index contributed by atoms with van der Waals surface area (Å²) in [6.07, 6.45) is -39.5. The number of rotatable bonds is 20. The van der Waals surface area contributed by atoms with E-state index in [1.165, 1.54) is 13.2 Å². The van der Waals surface area contributed by atoms with Crippen LogP contribution in [-0.4, -0.2) is 305 Å². The number of carbonyl (C=O) groups excluding carboxylic acids is 2. The zero-order chi connectivity index (χ0) is 60.1. The Morgan fingerprint density at radius 3 is 1.65 bits per heavy atom. The van der Waals surface area contributed by atoms with E-state index in [0.717, 1.165) is 0 Å². The highest BCUT2D eigenvalue weighted by Crippen LogP contribution is 2.46. The highest BCUT2D eigenvalue weighted by molar-refractivity contribution is 5.90. The molecular weight excluding hydrogens is 1120 g/mol. The van der Waals surface area contributed by atoms with Gasteiger partial charge in [0, 0.05) is 25.5 Å². The van der Waals surface area contributed by atoms with Crippen LogP contribution < -0.4 is 0 Å². The van der Waals surface area contributed by atoms with E-state index in [-0.39, 0.29) is 31.1 Å². The van der Waals surface area contributed by atoms with Crippen LogP contribution in [0.3, 0.4) is 0 Å². The molecule has 5 saturated heterocycles. The van der Waals surface area contributed by atoms with Crippen LogP contribution in [0.2, 0.25) is 0 Å². The number of ether oxygens (including phenoxy) is 12. The van der Waals surface area contributed by atoms with Gasteiger partial charge in [-0.25, -0.2) is 4.79 Å². The van der Waals surface area contributed by atoms with E-state index in [2.05, 4.69) is 0 Å². The van der Waals surface area contributed by atoms with Crippen LogP contribution >= 0.6 is 0 Å². The summed E-state index contributed by atoms with van der Waals surface area (Å²) in [7, 11) is 1.47. The Kier molecular flexibility index (Phi) is 23.4. The Balaban J connectivity index is 1.05. The number of fused-ring (bicyclic) bond motifs is 1. The van der Waals surface area contributed by atoms with E-state index in [1.54, 1.807) is 6.08 Å². The van der Waals surface area contributed by atoms with Gasteiger partial charge in [0.05, 0.1) is 62.0 Å². The number of aliphatic hydroxyl groups is 15. The molecule has 9 unspecified atom stereocenters. The molecule has 0 bridgehead atoms. The van der Waals surface area contributed by atoms with Gasteiger partial charge in [-0.05, 0) is 69.6 Å². The van der Waals surface area contributed by atoms with Crippen molar-refractivity contribution in [2.24, 2.45) is 17.8 Å². The van der Waals surface area contributed by atoms with E-state index >= 15 is 0 Å². The number of carboxylic acid groups (broad SMARTS) is 1. The van der Waals surface area contributed by atoms with Crippen LogP contribution in [0.1, 0.15) is 70.6 Å². The summed E-state index contributed by atoms with van der Waals surface area (Å²) in [4.78, 5) is 37.0. The predicted molar refractivity (Wildman–Crippen MR) is 266 cm³/mol. The van der Waals surface area contributed by atoms with Crippen molar-refractivity contribution in [3.05, 3.63) is 12.2 Å². The molecule has 0 amide bonds. The molecule has 5 heterocycles. The summed E-state index contributed by atoms with van der Waals surface area (Å²) in [5, 5.41) is 172. The first kappa shape index (κ1) is 66.1. The largest absolute Gasteiger partial charge is 0.481 e. The second kappa shape index (κ2) is 29.4. The summed E-state index contributed by atoms with van der Waals surface area (Å²) in [5.74, 6) is -4.98. The fourth-order valence-electron chi connectivity index (χ4n) is 12.5. The summed E-state index contributed by atoms with van der Waals surface area (Å²) >= 11 is 0. The first-order valence-corrected chi connectivity index (χ1v) is 28.2. The number of carboxylic acids is 1. The van der Waals surface area contributed by atoms with E-state index in [0.29, 0.717) is 44.9 Å². The standard InChI is InChI=1S/C52H82O31/c1-72-27-10-19(2-8-24(27)57)3-9-34(60)73-17-31-38(64)41(67)48(83-51-44(70)40(66)37(63)30(16-54)79-51)52(80-31)77-28-13-23-25(75-46(28)20-4-6-21(55)7-5-20)11-22(56)12-26(23)76-49-45(71)42(68)47(32(81-49)18-74-35(61)14-33(58)59)82-50-43(69)39(65)36(62)29(15-53)78-50/h3,9,19-32,36-57,62-71H,2,4-8,10-18H2,1H3,(H,58,59)/t19?,20?,21?,22?,23?,24?,25?,26?,27?,28?,29-,30-,31-,32-,36-,37-,38-,39+,40+,41+,42-,43-,44-,45-,46?,47-,48-,49-,50+,51+,52-/m1/s1. The highest BCUT2D eigenvalue weighted by Gasteiger charge is 2.57. The summed E-state index contributed by atoms with van der Waals surface area (Å²) < 4.78 is 71.3. The molecule has 31 nitrogen and oxygen atoms in total. The Bertz CT molecular complexity index is 2100. The Labute approximate surface area is 475 Å². The Morgan fingerprint density at radius 1 is 0.494 bits per heavy atom. The smallest absolute Gasteiger partial charge is 0.330 e. The van der Waals surface area contributed by atoms with Crippen molar-refractivity contribution in [3.63, 3.8) is 0 Å². The summed E-state index contributed by atoms with van der Waals surface area (Å²) in [6, 6.07) is 0. The lowest BCUT2D eigenvalue weighted by atomic mass is 9.72. The SMILES string of the molecule is COC1CC(C=CC(=O)OC[C@H]2O[C@@H](OC3CC4C(CC(O)CC4O[C@@H]4O[C@H](COC(=O)CC(=O)O)[C@@H](O[C@@H]5O[C@H](CO)[C@@H](O)[C@H](O)[C@H]5O)[C@H](O)[C@H]4O)OC3C3CCC(O)CC3)[C@H](O[C@@H]3O[C@H](CO)[C@@H](O)[C@H](O)[C@H]3O)[C@@H](O)[C@@H]2O)CCC1O. The molecular formula is C52H82O31. The van der Waals surface area contributed by atoms with E-state index in [4.69, 9.17) is 56.8 Å². The van der Waals surface area contributed by atoms with Crippen molar-refractivity contribution in [1.29, 1.82) is 0 Å². The van der Waals surface area contributed by atoms with Gasteiger partial charge < -0.3 is 139 Å². The number of carbonyl (C=O) groups is 3. The van der Waals surface area contributed by atoms with Crippen LogP contribution in [0.4, 0.5) is 0 Å². The molecule has 16 N–H and O–H groups in total. The third kappa shape index (κ3) is 15.7. The van der Waals surface area contributed by atoms with Crippen LogP contribution in [0.5, 0.6) is 0 Å². The first-order chi connectivity index (χ1) is 39.5. The lowest BCUT2D eigenvalue weighted by molar-refractivity contribution is -0.381. The minimum atomic E-state index is -2.08. The quantitative estimate of drug-likeness (QED) is 0.0306. The van der Waals surface area contributed by atoms with Crippen LogP contribution in [0.25, 0.3) is 0 Å². The van der Waals surface area contributed by atoms with Gasteiger partial charge in [-0.3, -0.25) is 9.59 Å².